The molecule has 3 heteroatoms. The Morgan fingerprint density at radius 1 is 1.33 bits per heavy atom. The molecule has 0 amide bonds. The molecular formula is C12H14O3. The lowest BCUT2D eigenvalue weighted by Gasteiger charge is -2.04. The molecule has 0 aliphatic carbocycles. The van der Waals surface area contributed by atoms with E-state index in [2.05, 4.69) is 6.58 Å². The molecule has 1 N–H and O–H groups in total. The Morgan fingerprint density at radius 3 is 2.60 bits per heavy atom. The average molecular weight is 206 g/mol. The van der Waals surface area contributed by atoms with Crippen molar-refractivity contribution < 1.29 is 14.6 Å². The molecular weight excluding hydrogens is 192 g/mol. The number of benzene rings is 1. The van der Waals surface area contributed by atoms with Crippen molar-refractivity contribution in [1.29, 1.82) is 0 Å². The quantitative estimate of drug-likeness (QED) is 0.584. The van der Waals surface area contributed by atoms with Gasteiger partial charge in [-0.15, -0.1) is 0 Å². The van der Waals surface area contributed by atoms with Crippen LogP contribution in [-0.2, 0) is 16.0 Å². The number of hydrogen-bond acceptors (Lipinski definition) is 3. The second-order valence-electron chi connectivity index (χ2n) is 3.13. The van der Waals surface area contributed by atoms with E-state index in [4.69, 9.17) is 9.84 Å². The highest BCUT2D eigenvalue weighted by Crippen LogP contribution is 2.01. The minimum Gasteiger partial charge on any atom is -0.462 e. The van der Waals surface area contributed by atoms with Gasteiger partial charge in [0.15, 0.2) is 0 Å². The lowest BCUT2D eigenvalue weighted by Crippen LogP contribution is -2.11. The van der Waals surface area contributed by atoms with Crippen LogP contribution in [-0.4, -0.2) is 24.3 Å². The summed E-state index contributed by atoms with van der Waals surface area (Å²) < 4.78 is 4.90. The van der Waals surface area contributed by atoms with E-state index in [1.165, 1.54) is 0 Å². The Kier molecular flexibility index (Phi) is 4.57. The third kappa shape index (κ3) is 3.95. The number of ether oxygens (including phenoxy) is 1. The SMILES string of the molecule is C=C(CO)C(=O)OCCc1ccccc1. The highest BCUT2D eigenvalue weighted by Gasteiger charge is 2.06. The summed E-state index contributed by atoms with van der Waals surface area (Å²) in [7, 11) is 0. The molecule has 0 unspecified atom stereocenters. The second-order valence-corrected chi connectivity index (χ2v) is 3.13. The molecule has 0 saturated carbocycles. The van der Waals surface area contributed by atoms with Gasteiger partial charge >= 0.3 is 5.97 Å². The highest BCUT2D eigenvalue weighted by atomic mass is 16.5. The molecule has 1 aromatic carbocycles. The Hall–Kier alpha value is -1.61. The fourth-order valence-corrected chi connectivity index (χ4v) is 1.07. The molecule has 0 aliphatic heterocycles. The van der Waals surface area contributed by atoms with Crippen molar-refractivity contribution in [2.75, 3.05) is 13.2 Å². The molecule has 15 heavy (non-hydrogen) atoms. The molecule has 0 radical (unpaired) electrons. The maximum absolute atomic E-state index is 11.1. The number of aliphatic hydroxyl groups is 1. The van der Waals surface area contributed by atoms with Crippen LogP contribution < -0.4 is 0 Å². The first-order valence-electron chi connectivity index (χ1n) is 4.73. The van der Waals surface area contributed by atoms with Gasteiger partial charge < -0.3 is 9.84 Å². The van der Waals surface area contributed by atoms with E-state index in [-0.39, 0.29) is 12.2 Å². The summed E-state index contributed by atoms with van der Waals surface area (Å²) in [6.45, 7) is 3.32. The maximum Gasteiger partial charge on any atom is 0.335 e. The van der Waals surface area contributed by atoms with Crippen molar-refractivity contribution in [3.63, 3.8) is 0 Å². The predicted octanol–water partition coefficient (Wildman–Crippen LogP) is 1.32. The number of esters is 1. The monoisotopic (exact) mass is 206 g/mol. The van der Waals surface area contributed by atoms with Gasteiger partial charge in [-0.3, -0.25) is 0 Å². The number of rotatable bonds is 5. The summed E-state index contributed by atoms with van der Waals surface area (Å²) >= 11 is 0. The van der Waals surface area contributed by atoms with E-state index >= 15 is 0 Å². The molecule has 0 aliphatic rings. The van der Waals surface area contributed by atoms with Gasteiger partial charge in [-0.2, -0.15) is 0 Å². The van der Waals surface area contributed by atoms with Gasteiger partial charge in [0, 0.05) is 6.42 Å². The van der Waals surface area contributed by atoms with Crippen molar-refractivity contribution in [2.45, 2.75) is 6.42 Å². The first kappa shape index (κ1) is 11.5. The molecule has 0 spiro atoms. The van der Waals surface area contributed by atoms with Crippen molar-refractivity contribution in [1.82, 2.24) is 0 Å². The molecule has 0 aromatic heterocycles. The fraction of sp³-hybridized carbons (Fsp3) is 0.250. The van der Waals surface area contributed by atoms with E-state index in [9.17, 15) is 4.79 Å². The predicted molar refractivity (Wildman–Crippen MR) is 57.3 cm³/mol. The van der Waals surface area contributed by atoms with Gasteiger partial charge in [0.25, 0.3) is 0 Å². The number of carbonyl (C=O) groups excluding carboxylic acids is 1. The molecule has 0 fully saturated rings. The van der Waals surface area contributed by atoms with E-state index < -0.39 is 5.97 Å². The maximum atomic E-state index is 11.1. The topological polar surface area (TPSA) is 46.5 Å². The van der Waals surface area contributed by atoms with Gasteiger partial charge in [0.05, 0.1) is 18.8 Å². The van der Waals surface area contributed by atoms with Crippen LogP contribution in [0, 0.1) is 0 Å². The van der Waals surface area contributed by atoms with Gasteiger partial charge in [-0.1, -0.05) is 36.9 Å². The van der Waals surface area contributed by atoms with Gasteiger partial charge in [-0.05, 0) is 5.56 Å². The summed E-state index contributed by atoms with van der Waals surface area (Å²) in [4.78, 5) is 11.1. The van der Waals surface area contributed by atoms with Crippen molar-refractivity contribution in [3.8, 4) is 0 Å². The minimum atomic E-state index is -0.534. The smallest absolute Gasteiger partial charge is 0.335 e. The van der Waals surface area contributed by atoms with Crippen molar-refractivity contribution in [2.24, 2.45) is 0 Å². The Morgan fingerprint density at radius 2 is 2.00 bits per heavy atom. The Balaban J connectivity index is 2.28. The average Bonchev–Trinajstić information content (AvgIpc) is 2.29. The lowest BCUT2D eigenvalue weighted by molar-refractivity contribution is -0.139. The zero-order chi connectivity index (χ0) is 11.1. The third-order valence-electron chi connectivity index (χ3n) is 1.95. The first-order chi connectivity index (χ1) is 7.24. The molecule has 1 aromatic rings. The summed E-state index contributed by atoms with van der Waals surface area (Å²) in [5.74, 6) is -0.534. The zero-order valence-corrected chi connectivity index (χ0v) is 8.48. The van der Waals surface area contributed by atoms with Crippen LogP contribution in [0.15, 0.2) is 42.5 Å². The van der Waals surface area contributed by atoms with Crippen molar-refractivity contribution >= 4 is 5.97 Å². The Bertz CT molecular complexity index is 330. The van der Waals surface area contributed by atoms with Crippen molar-refractivity contribution in [3.05, 3.63) is 48.0 Å². The largest absolute Gasteiger partial charge is 0.462 e. The fourth-order valence-electron chi connectivity index (χ4n) is 1.07. The molecule has 0 bridgehead atoms. The first-order valence-corrected chi connectivity index (χ1v) is 4.73. The van der Waals surface area contributed by atoms with Crippen LogP contribution in [0.5, 0.6) is 0 Å². The number of aliphatic hydroxyl groups excluding tert-OH is 1. The minimum absolute atomic E-state index is 0.0862. The normalized spacial score (nSPS) is 9.67. The molecule has 80 valence electrons. The summed E-state index contributed by atoms with van der Waals surface area (Å²) in [5, 5.41) is 8.62. The summed E-state index contributed by atoms with van der Waals surface area (Å²) in [6.07, 6.45) is 0.672. The third-order valence-corrected chi connectivity index (χ3v) is 1.95. The van der Waals surface area contributed by atoms with Crippen LogP contribution in [0.25, 0.3) is 0 Å². The van der Waals surface area contributed by atoms with Gasteiger partial charge in [-0.25, -0.2) is 4.79 Å². The standard InChI is InChI=1S/C12H14O3/c1-10(9-13)12(14)15-8-7-11-5-3-2-4-6-11/h2-6,13H,1,7-9H2. The number of carbonyl (C=O) groups is 1. The lowest BCUT2D eigenvalue weighted by atomic mass is 10.2. The molecule has 1 rings (SSSR count). The zero-order valence-electron chi connectivity index (χ0n) is 8.48. The molecule has 0 heterocycles. The second kappa shape index (κ2) is 5.98. The Labute approximate surface area is 89.0 Å². The summed E-state index contributed by atoms with van der Waals surface area (Å²) in [6, 6.07) is 9.74. The van der Waals surface area contributed by atoms with Crippen LogP contribution in [0.2, 0.25) is 0 Å². The number of hydrogen-bond donors (Lipinski definition) is 1. The van der Waals surface area contributed by atoms with Gasteiger partial charge in [0.2, 0.25) is 0 Å². The van der Waals surface area contributed by atoms with Crippen LogP contribution in [0.1, 0.15) is 5.56 Å². The van der Waals surface area contributed by atoms with E-state index in [0.29, 0.717) is 13.0 Å². The van der Waals surface area contributed by atoms with Crippen LogP contribution in [0.4, 0.5) is 0 Å². The van der Waals surface area contributed by atoms with Crippen LogP contribution in [0.3, 0.4) is 0 Å². The molecule has 0 atom stereocenters. The van der Waals surface area contributed by atoms with E-state index in [1.54, 1.807) is 0 Å². The van der Waals surface area contributed by atoms with Crippen LogP contribution >= 0.6 is 0 Å². The van der Waals surface area contributed by atoms with Gasteiger partial charge in [0.1, 0.15) is 0 Å². The van der Waals surface area contributed by atoms with E-state index in [0.717, 1.165) is 5.56 Å². The highest BCUT2D eigenvalue weighted by molar-refractivity contribution is 5.87. The van der Waals surface area contributed by atoms with E-state index in [1.807, 2.05) is 30.3 Å². The molecule has 0 saturated heterocycles. The molecule has 3 nitrogen and oxygen atoms in total. The summed E-state index contributed by atoms with van der Waals surface area (Å²) in [5.41, 5.74) is 1.20.